The van der Waals surface area contributed by atoms with Crippen molar-refractivity contribution in [2.75, 3.05) is 7.11 Å². The molecule has 1 aliphatic heterocycles. The standard InChI is InChI=1S/C39H44N2O6/c1-38(2,3)47-36(43)39(4,5)46-33-22-15-27(16-23-33)10-9-13-34-35(42)41(26-29-14-19-30-11-7-8-12-31(30)24-29)37(44)40(34)25-28-17-20-32(45-6)21-18-28/h7-8,11-12,14-24,34H,9-10,13,25-26H2,1-6H3. The van der Waals surface area contributed by atoms with Crippen LogP contribution < -0.4 is 9.47 Å². The number of carbonyl (C=O) groups excluding carboxylic acids is 3. The monoisotopic (exact) mass is 636 g/mol. The van der Waals surface area contributed by atoms with Crippen LogP contribution in [-0.4, -0.2) is 52.1 Å². The maximum atomic E-state index is 13.8. The van der Waals surface area contributed by atoms with Crippen molar-refractivity contribution in [2.24, 2.45) is 0 Å². The Balaban J connectivity index is 1.26. The number of hydrogen-bond acceptors (Lipinski definition) is 6. The molecule has 1 aliphatic rings. The summed E-state index contributed by atoms with van der Waals surface area (Å²) in [6.45, 7) is 9.40. The Labute approximate surface area is 277 Å². The van der Waals surface area contributed by atoms with Gasteiger partial charge in [0.25, 0.3) is 5.91 Å². The number of urea groups is 1. The zero-order valence-electron chi connectivity index (χ0n) is 28.1. The average Bonchev–Trinajstić information content (AvgIpc) is 3.24. The molecule has 1 unspecified atom stereocenters. The highest BCUT2D eigenvalue weighted by Gasteiger charge is 2.44. The van der Waals surface area contributed by atoms with E-state index in [1.807, 2.05) is 112 Å². The van der Waals surface area contributed by atoms with E-state index in [0.29, 0.717) is 25.1 Å². The molecule has 0 bridgehead atoms. The molecule has 0 aliphatic carbocycles. The van der Waals surface area contributed by atoms with Gasteiger partial charge in [0.1, 0.15) is 23.1 Å². The van der Waals surface area contributed by atoms with E-state index in [1.165, 1.54) is 4.90 Å². The van der Waals surface area contributed by atoms with Crippen molar-refractivity contribution in [1.29, 1.82) is 0 Å². The molecule has 3 amide bonds. The van der Waals surface area contributed by atoms with Crippen LogP contribution in [0.15, 0.2) is 91.0 Å². The SMILES string of the molecule is COc1ccc(CN2C(=O)N(Cc3ccc4ccccc4c3)C(=O)C2CCCc2ccc(OC(C)(C)C(=O)OC(C)(C)C)cc2)cc1. The van der Waals surface area contributed by atoms with Gasteiger partial charge in [-0.3, -0.25) is 9.69 Å². The molecule has 0 radical (unpaired) electrons. The molecule has 246 valence electrons. The second-order valence-corrected chi connectivity index (χ2v) is 13.5. The summed E-state index contributed by atoms with van der Waals surface area (Å²) in [5.41, 5.74) is 1.15. The largest absolute Gasteiger partial charge is 0.497 e. The van der Waals surface area contributed by atoms with Crippen LogP contribution in [0.2, 0.25) is 0 Å². The summed E-state index contributed by atoms with van der Waals surface area (Å²) < 4.78 is 16.8. The van der Waals surface area contributed by atoms with Crippen molar-refractivity contribution in [2.45, 2.75) is 84.2 Å². The minimum Gasteiger partial charge on any atom is -0.497 e. The Hall–Kier alpha value is -4.85. The Morgan fingerprint density at radius 1 is 0.745 bits per heavy atom. The van der Waals surface area contributed by atoms with E-state index >= 15 is 0 Å². The lowest BCUT2D eigenvalue weighted by Crippen LogP contribution is -2.43. The van der Waals surface area contributed by atoms with E-state index in [1.54, 1.807) is 25.9 Å². The van der Waals surface area contributed by atoms with Crippen LogP contribution in [0.25, 0.3) is 10.8 Å². The first-order valence-electron chi connectivity index (χ1n) is 16.1. The number of nitrogens with zero attached hydrogens (tertiary/aromatic N) is 2. The summed E-state index contributed by atoms with van der Waals surface area (Å²) in [4.78, 5) is 43.3. The minimum absolute atomic E-state index is 0.176. The predicted molar refractivity (Wildman–Crippen MR) is 182 cm³/mol. The number of amides is 3. The van der Waals surface area contributed by atoms with E-state index in [0.717, 1.165) is 39.6 Å². The van der Waals surface area contributed by atoms with Gasteiger partial charge < -0.3 is 19.1 Å². The summed E-state index contributed by atoms with van der Waals surface area (Å²) in [6, 6.07) is 28.4. The number of aryl methyl sites for hydroxylation is 1. The van der Waals surface area contributed by atoms with Crippen LogP contribution in [0.3, 0.4) is 0 Å². The minimum atomic E-state index is -1.14. The number of fused-ring (bicyclic) bond motifs is 1. The van der Waals surface area contributed by atoms with E-state index in [9.17, 15) is 14.4 Å². The molecule has 0 aromatic heterocycles. The third-order valence-corrected chi connectivity index (χ3v) is 8.20. The molecule has 8 nitrogen and oxygen atoms in total. The zero-order chi connectivity index (χ0) is 33.8. The van der Waals surface area contributed by atoms with Crippen molar-refractivity contribution in [3.8, 4) is 11.5 Å². The van der Waals surface area contributed by atoms with Crippen LogP contribution >= 0.6 is 0 Å². The van der Waals surface area contributed by atoms with Crippen molar-refractivity contribution in [3.05, 3.63) is 108 Å². The lowest BCUT2D eigenvalue weighted by Gasteiger charge is -2.29. The molecule has 0 spiro atoms. The molecule has 1 atom stereocenters. The highest BCUT2D eigenvalue weighted by Crippen LogP contribution is 2.28. The van der Waals surface area contributed by atoms with E-state index in [2.05, 4.69) is 0 Å². The van der Waals surface area contributed by atoms with Gasteiger partial charge in [0.2, 0.25) is 0 Å². The van der Waals surface area contributed by atoms with Gasteiger partial charge in [0.15, 0.2) is 5.60 Å². The fourth-order valence-corrected chi connectivity index (χ4v) is 5.71. The summed E-state index contributed by atoms with van der Waals surface area (Å²) >= 11 is 0. The topological polar surface area (TPSA) is 85.4 Å². The fraction of sp³-hybridized carbons (Fsp3) is 0.359. The number of esters is 1. The Bertz CT molecular complexity index is 1720. The van der Waals surface area contributed by atoms with Crippen LogP contribution in [0.1, 0.15) is 64.2 Å². The van der Waals surface area contributed by atoms with Crippen molar-refractivity contribution >= 4 is 28.7 Å². The van der Waals surface area contributed by atoms with Gasteiger partial charge in [-0.15, -0.1) is 0 Å². The number of carbonyl (C=O) groups is 3. The van der Waals surface area contributed by atoms with Gasteiger partial charge >= 0.3 is 12.0 Å². The van der Waals surface area contributed by atoms with Gasteiger partial charge in [-0.1, -0.05) is 60.7 Å². The number of rotatable bonds is 12. The molecule has 5 rings (SSSR count). The zero-order valence-corrected chi connectivity index (χ0v) is 28.1. The molecule has 47 heavy (non-hydrogen) atoms. The molecular formula is C39H44N2O6. The van der Waals surface area contributed by atoms with E-state index < -0.39 is 23.2 Å². The van der Waals surface area contributed by atoms with Crippen LogP contribution in [0.5, 0.6) is 11.5 Å². The van der Waals surface area contributed by atoms with Gasteiger partial charge in [0.05, 0.1) is 13.7 Å². The summed E-state index contributed by atoms with van der Waals surface area (Å²) in [6.07, 6.45) is 1.95. The Kier molecular flexibility index (Phi) is 9.89. The van der Waals surface area contributed by atoms with Crippen LogP contribution in [0.4, 0.5) is 4.79 Å². The maximum absolute atomic E-state index is 13.8. The lowest BCUT2D eigenvalue weighted by molar-refractivity contribution is -0.170. The first-order chi connectivity index (χ1) is 22.3. The molecule has 4 aromatic carbocycles. The number of imide groups is 1. The molecule has 1 heterocycles. The number of hydrogen-bond donors (Lipinski definition) is 0. The molecule has 0 N–H and O–H groups in total. The summed E-state index contributed by atoms with van der Waals surface area (Å²) in [5.74, 6) is 0.691. The molecular weight excluding hydrogens is 592 g/mol. The Morgan fingerprint density at radius 3 is 2.02 bits per heavy atom. The van der Waals surface area contributed by atoms with Crippen molar-refractivity contribution in [3.63, 3.8) is 0 Å². The lowest BCUT2D eigenvalue weighted by atomic mass is 10.0. The summed E-state index contributed by atoms with van der Waals surface area (Å²) in [7, 11) is 1.61. The number of benzene rings is 4. The molecule has 1 fully saturated rings. The third-order valence-electron chi connectivity index (χ3n) is 8.20. The van der Waals surface area contributed by atoms with Crippen LogP contribution in [0, 0.1) is 0 Å². The average molecular weight is 637 g/mol. The highest BCUT2D eigenvalue weighted by atomic mass is 16.6. The van der Waals surface area contributed by atoms with Crippen molar-refractivity contribution in [1.82, 2.24) is 9.80 Å². The Morgan fingerprint density at radius 2 is 1.36 bits per heavy atom. The van der Waals surface area contributed by atoms with Gasteiger partial charge in [-0.25, -0.2) is 9.59 Å². The molecule has 0 saturated carbocycles. The summed E-state index contributed by atoms with van der Waals surface area (Å²) in [5, 5.41) is 2.18. The van der Waals surface area contributed by atoms with E-state index in [-0.39, 0.29) is 18.5 Å². The van der Waals surface area contributed by atoms with Crippen molar-refractivity contribution < 1.29 is 28.6 Å². The normalized spacial score (nSPS) is 15.3. The smallest absolute Gasteiger partial charge is 0.350 e. The predicted octanol–water partition coefficient (Wildman–Crippen LogP) is 7.70. The first-order valence-corrected chi connectivity index (χ1v) is 16.1. The number of methoxy groups -OCH3 is 1. The molecule has 8 heteroatoms. The highest BCUT2D eigenvalue weighted by molar-refractivity contribution is 6.04. The maximum Gasteiger partial charge on any atom is 0.350 e. The second-order valence-electron chi connectivity index (χ2n) is 13.5. The molecule has 4 aromatic rings. The van der Waals surface area contributed by atoms with Gasteiger partial charge in [0, 0.05) is 6.54 Å². The second kappa shape index (κ2) is 13.9. The third kappa shape index (κ3) is 8.30. The number of ether oxygens (including phenoxy) is 3. The fourth-order valence-electron chi connectivity index (χ4n) is 5.71. The molecule has 1 saturated heterocycles. The quantitative estimate of drug-likeness (QED) is 0.117. The van der Waals surface area contributed by atoms with Gasteiger partial charge in [-0.2, -0.15) is 0 Å². The van der Waals surface area contributed by atoms with Gasteiger partial charge in [-0.05, 0) is 112 Å². The first kappa shape index (κ1) is 33.5. The van der Waals surface area contributed by atoms with E-state index in [4.69, 9.17) is 14.2 Å². The van der Waals surface area contributed by atoms with Crippen LogP contribution in [-0.2, 0) is 33.8 Å².